The summed E-state index contributed by atoms with van der Waals surface area (Å²) in [5.41, 5.74) is 8.98. The molecule has 1 atom stereocenters. The molecule has 3 aliphatic carbocycles. The third-order valence-corrected chi connectivity index (χ3v) is 4.88. The summed E-state index contributed by atoms with van der Waals surface area (Å²) in [5, 5.41) is 0. The van der Waals surface area contributed by atoms with Crippen LogP contribution in [0.3, 0.4) is 0 Å². The van der Waals surface area contributed by atoms with Crippen molar-refractivity contribution in [2.24, 2.45) is 5.92 Å². The van der Waals surface area contributed by atoms with Crippen LogP contribution in [0.4, 0.5) is 0 Å². The number of hydrogen-bond acceptors (Lipinski definition) is 0. The molecule has 0 radical (unpaired) electrons. The van der Waals surface area contributed by atoms with Crippen molar-refractivity contribution >= 4 is 5.57 Å². The lowest BCUT2D eigenvalue weighted by atomic mass is 9.76. The summed E-state index contributed by atoms with van der Waals surface area (Å²) in [6.07, 6.45) is 9.25. The van der Waals surface area contributed by atoms with Crippen LogP contribution in [0.15, 0.2) is 65.3 Å². The molecular formula is C19H18. The third-order valence-electron chi connectivity index (χ3n) is 4.88. The summed E-state index contributed by atoms with van der Waals surface area (Å²) in [6, 6.07) is 8.89. The van der Waals surface area contributed by atoms with Gasteiger partial charge in [-0.1, -0.05) is 68.0 Å². The molecule has 4 rings (SSSR count). The average Bonchev–Trinajstić information content (AvgIpc) is 2.95. The summed E-state index contributed by atoms with van der Waals surface area (Å²) in [6.45, 7) is 6.96. The molecule has 0 N–H and O–H groups in total. The van der Waals surface area contributed by atoms with Crippen molar-refractivity contribution in [2.45, 2.75) is 26.2 Å². The van der Waals surface area contributed by atoms with Gasteiger partial charge in [-0.25, -0.2) is 0 Å². The van der Waals surface area contributed by atoms with Gasteiger partial charge in [0, 0.05) is 11.3 Å². The number of hydrogen-bond donors (Lipinski definition) is 0. The van der Waals surface area contributed by atoms with Crippen molar-refractivity contribution in [3.63, 3.8) is 0 Å². The first kappa shape index (κ1) is 11.0. The van der Waals surface area contributed by atoms with Crippen molar-refractivity contribution in [3.05, 3.63) is 76.4 Å². The van der Waals surface area contributed by atoms with Gasteiger partial charge in [-0.05, 0) is 34.8 Å². The monoisotopic (exact) mass is 246 g/mol. The Morgan fingerprint density at radius 3 is 2.74 bits per heavy atom. The number of rotatable bonds is 0. The molecule has 0 aromatic heterocycles. The zero-order chi connectivity index (χ0) is 13.2. The van der Waals surface area contributed by atoms with E-state index in [0.717, 1.165) is 0 Å². The summed E-state index contributed by atoms with van der Waals surface area (Å²) in [5.74, 6) is 0.501. The van der Waals surface area contributed by atoms with Crippen LogP contribution in [-0.2, 0) is 5.41 Å². The maximum atomic E-state index is 2.42. The lowest BCUT2D eigenvalue weighted by molar-refractivity contribution is 0.649. The maximum Gasteiger partial charge on any atom is 0.0238 e. The van der Waals surface area contributed by atoms with Gasteiger partial charge in [0.05, 0.1) is 0 Å². The van der Waals surface area contributed by atoms with Crippen LogP contribution in [0.1, 0.15) is 31.9 Å². The van der Waals surface area contributed by atoms with Gasteiger partial charge in [0.25, 0.3) is 0 Å². The van der Waals surface area contributed by atoms with E-state index in [0.29, 0.717) is 5.92 Å². The summed E-state index contributed by atoms with van der Waals surface area (Å²) in [4.78, 5) is 0. The van der Waals surface area contributed by atoms with Crippen LogP contribution in [0, 0.1) is 5.92 Å². The Labute approximate surface area is 114 Å². The van der Waals surface area contributed by atoms with Crippen molar-refractivity contribution in [2.75, 3.05) is 0 Å². The lowest BCUT2D eigenvalue weighted by Gasteiger charge is -2.28. The Kier molecular flexibility index (Phi) is 1.97. The van der Waals surface area contributed by atoms with Gasteiger partial charge < -0.3 is 0 Å². The van der Waals surface area contributed by atoms with Crippen molar-refractivity contribution < 1.29 is 0 Å². The van der Waals surface area contributed by atoms with Crippen molar-refractivity contribution in [1.29, 1.82) is 0 Å². The smallest absolute Gasteiger partial charge is 0.0238 e. The van der Waals surface area contributed by atoms with E-state index in [1.807, 2.05) is 0 Å². The Balaban J connectivity index is 2.06. The molecule has 94 valence electrons. The predicted molar refractivity (Wildman–Crippen MR) is 80.9 cm³/mol. The van der Waals surface area contributed by atoms with E-state index in [1.54, 1.807) is 0 Å². The van der Waals surface area contributed by atoms with E-state index in [-0.39, 0.29) is 5.41 Å². The first-order chi connectivity index (χ1) is 9.10. The fraction of sp³-hybridized carbons (Fsp3) is 0.263. The molecule has 1 unspecified atom stereocenters. The minimum atomic E-state index is 0.127. The largest absolute Gasteiger partial charge is 0.0729 e. The van der Waals surface area contributed by atoms with E-state index in [1.165, 1.54) is 33.4 Å². The zero-order valence-corrected chi connectivity index (χ0v) is 11.7. The van der Waals surface area contributed by atoms with Crippen LogP contribution in [0.2, 0.25) is 0 Å². The molecule has 1 aromatic carbocycles. The van der Waals surface area contributed by atoms with E-state index in [4.69, 9.17) is 0 Å². The van der Waals surface area contributed by atoms with Gasteiger partial charge in [-0.3, -0.25) is 0 Å². The Morgan fingerprint density at radius 1 is 1.11 bits per heavy atom. The molecule has 0 amide bonds. The summed E-state index contributed by atoms with van der Waals surface area (Å²) >= 11 is 0. The average molecular weight is 246 g/mol. The quantitative estimate of drug-likeness (QED) is 0.616. The van der Waals surface area contributed by atoms with E-state index in [9.17, 15) is 0 Å². The van der Waals surface area contributed by atoms with E-state index >= 15 is 0 Å². The minimum Gasteiger partial charge on any atom is -0.0729 e. The Morgan fingerprint density at radius 2 is 1.89 bits per heavy atom. The van der Waals surface area contributed by atoms with Crippen LogP contribution in [0.5, 0.6) is 0 Å². The van der Waals surface area contributed by atoms with Gasteiger partial charge in [0.1, 0.15) is 0 Å². The molecule has 1 aromatic rings. The fourth-order valence-electron chi connectivity index (χ4n) is 3.84. The molecule has 0 heterocycles. The van der Waals surface area contributed by atoms with Crippen LogP contribution < -0.4 is 0 Å². The van der Waals surface area contributed by atoms with Gasteiger partial charge >= 0.3 is 0 Å². The van der Waals surface area contributed by atoms with Gasteiger partial charge in [-0.15, -0.1) is 0 Å². The molecule has 0 fully saturated rings. The molecule has 0 aliphatic heterocycles. The highest BCUT2D eigenvalue weighted by molar-refractivity contribution is 5.94. The van der Waals surface area contributed by atoms with E-state index in [2.05, 4.69) is 69.3 Å². The highest BCUT2D eigenvalue weighted by Crippen LogP contribution is 2.54. The summed E-state index contributed by atoms with van der Waals surface area (Å²) in [7, 11) is 0. The lowest BCUT2D eigenvalue weighted by Crippen LogP contribution is -2.18. The summed E-state index contributed by atoms with van der Waals surface area (Å²) < 4.78 is 0. The molecule has 0 heteroatoms. The first-order valence-electron chi connectivity index (χ1n) is 7.02. The second-order valence-electron chi connectivity index (χ2n) is 6.33. The van der Waals surface area contributed by atoms with Crippen LogP contribution in [0.25, 0.3) is 5.57 Å². The topological polar surface area (TPSA) is 0 Å². The fourth-order valence-corrected chi connectivity index (χ4v) is 3.84. The maximum absolute atomic E-state index is 2.42. The number of allylic oxidation sites excluding steroid dienone is 8. The highest BCUT2D eigenvalue weighted by atomic mass is 14.4. The first-order valence-corrected chi connectivity index (χ1v) is 7.02. The van der Waals surface area contributed by atoms with Crippen molar-refractivity contribution in [1.82, 2.24) is 0 Å². The molecule has 0 saturated carbocycles. The van der Waals surface area contributed by atoms with Gasteiger partial charge in [0.15, 0.2) is 0 Å². The standard InChI is InChI=1S/C19H18/c1-12-11-17-18(14-9-6-8-13(12)14)15-7-4-5-10-16(15)19(17,2)3/h4-11,13H,1-3H3. The van der Waals surface area contributed by atoms with E-state index < -0.39 is 0 Å². The van der Waals surface area contributed by atoms with Crippen LogP contribution in [-0.4, -0.2) is 0 Å². The number of benzene rings is 1. The van der Waals surface area contributed by atoms with Crippen molar-refractivity contribution in [3.8, 4) is 0 Å². The van der Waals surface area contributed by atoms with Gasteiger partial charge in [-0.2, -0.15) is 0 Å². The molecule has 0 bridgehead atoms. The van der Waals surface area contributed by atoms with Gasteiger partial charge in [0.2, 0.25) is 0 Å². The molecule has 0 spiro atoms. The Hall–Kier alpha value is -1.82. The predicted octanol–water partition coefficient (Wildman–Crippen LogP) is 4.80. The zero-order valence-electron chi connectivity index (χ0n) is 11.7. The normalized spacial score (nSPS) is 25.7. The molecule has 0 nitrogen and oxygen atoms in total. The molecule has 3 aliphatic rings. The molecular weight excluding hydrogens is 228 g/mol. The third kappa shape index (κ3) is 1.24. The second kappa shape index (κ2) is 3.39. The SMILES string of the molecule is CC1=CC2=C(C3=CC=CC13)c1ccccc1C2(C)C. The minimum absolute atomic E-state index is 0.127. The second-order valence-corrected chi connectivity index (χ2v) is 6.33. The molecule has 19 heavy (non-hydrogen) atoms. The highest BCUT2D eigenvalue weighted by Gasteiger charge is 2.41. The van der Waals surface area contributed by atoms with Crippen LogP contribution >= 0.6 is 0 Å². The number of fused-ring (bicyclic) bond motifs is 4. The molecule has 0 saturated heterocycles. The Bertz CT molecular complexity index is 705.